The Morgan fingerprint density at radius 1 is 1.10 bits per heavy atom. The summed E-state index contributed by atoms with van der Waals surface area (Å²) in [4.78, 5) is 23.5. The van der Waals surface area contributed by atoms with Crippen LogP contribution < -0.4 is 15.4 Å². The molecule has 0 saturated heterocycles. The second-order valence-corrected chi connectivity index (χ2v) is 8.56. The van der Waals surface area contributed by atoms with Crippen molar-refractivity contribution in [2.75, 3.05) is 4.72 Å². The molecule has 2 aromatic carbocycles. The number of halogens is 2. The summed E-state index contributed by atoms with van der Waals surface area (Å²) in [7, 11) is -2.80. The Bertz CT molecular complexity index is 1280. The number of anilines is 1. The molecule has 8 nitrogen and oxygen atoms in total. The Hall–Kier alpha value is -2.75. The highest BCUT2D eigenvalue weighted by Crippen LogP contribution is 2.30. The fourth-order valence-corrected chi connectivity index (χ4v) is 4.73. The van der Waals surface area contributed by atoms with Crippen molar-refractivity contribution >= 4 is 44.9 Å². The molecule has 0 unspecified atom stereocenters. The smallest absolute Gasteiger partial charge is 0.296 e. The van der Waals surface area contributed by atoms with Gasteiger partial charge in [-0.2, -0.15) is 0 Å². The van der Waals surface area contributed by atoms with E-state index in [0.29, 0.717) is 11.4 Å². The Morgan fingerprint density at radius 3 is 2.31 bits per heavy atom. The van der Waals surface area contributed by atoms with E-state index in [1.165, 1.54) is 9.36 Å². The molecule has 0 aliphatic carbocycles. The molecule has 3 aromatic rings. The third-order valence-electron chi connectivity index (χ3n) is 4.32. The number of aromatic nitrogens is 2. The number of hydrogen-bond acceptors (Lipinski definition) is 5. The van der Waals surface area contributed by atoms with Gasteiger partial charge in [0.1, 0.15) is 10.6 Å². The number of carboxylic acids is 1. The molecule has 1 aromatic heterocycles. The Morgan fingerprint density at radius 2 is 1.72 bits per heavy atom. The quantitative estimate of drug-likeness (QED) is 0.632. The predicted octanol–water partition coefficient (Wildman–Crippen LogP) is 1.96. The molecule has 0 aliphatic rings. The Kier molecular flexibility index (Phi) is 5.48. The van der Waals surface area contributed by atoms with Gasteiger partial charge in [0.25, 0.3) is 15.6 Å². The molecule has 0 fully saturated rings. The van der Waals surface area contributed by atoms with Crippen LogP contribution in [0.4, 0.5) is 5.69 Å². The summed E-state index contributed by atoms with van der Waals surface area (Å²) in [6, 6.07) is 10.4. The van der Waals surface area contributed by atoms with E-state index < -0.39 is 32.0 Å². The first kappa shape index (κ1) is 21.0. The Balaban J connectivity index is 2.13. The third-order valence-corrected chi connectivity index (χ3v) is 6.45. The summed E-state index contributed by atoms with van der Waals surface area (Å²) < 4.78 is 30.7. The van der Waals surface area contributed by atoms with Crippen LogP contribution >= 0.6 is 23.2 Å². The zero-order chi connectivity index (χ0) is 21.5. The molecule has 11 heteroatoms. The maximum atomic E-state index is 12.9. The van der Waals surface area contributed by atoms with Crippen LogP contribution in [0.25, 0.3) is 5.69 Å². The molecule has 0 aliphatic heterocycles. The van der Waals surface area contributed by atoms with Crippen LogP contribution in [0.2, 0.25) is 10.0 Å². The van der Waals surface area contributed by atoms with Gasteiger partial charge in [0, 0.05) is 12.6 Å². The third kappa shape index (κ3) is 3.76. The summed E-state index contributed by atoms with van der Waals surface area (Å²) in [6.07, 6.45) is 0. The normalized spacial score (nSPS) is 11.4. The van der Waals surface area contributed by atoms with Gasteiger partial charge in [-0.05, 0) is 31.2 Å². The summed E-state index contributed by atoms with van der Waals surface area (Å²) in [5.74, 6) is -1.66. The fraction of sp³-hybridized carbons (Fsp3) is 0.111. The van der Waals surface area contributed by atoms with Crippen molar-refractivity contribution < 1.29 is 18.3 Å². The average molecular weight is 455 g/mol. The van der Waals surface area contributed by atoms with Gasteiger partial charge in [-0.15, -0.1) is 0 Å². The monoisotopic (exact) mass is 454 g/mol. The topological polar surface area (TPSA) is 113 Å². The number of carbonyl (C=O) groups is 1. The number of rotatable bonds is 5. The van der Waals surface area contributed by atoms with Crippen LogP contribution in [-0.4, -0.2) is 23.8 Å². The lowest BCUT2D eigenvalue weighted by Gasteiger charge is -2.12. The first-order valence-electron chi connectivity index (χ1n) is 8.12. The standard InChI is InChI=1S/C18H15Cl2N3O5S/c1-10-16(17(24)23(22(10)2)11-6-4-3-5-7-11)21-29(27,28)15-8-12(18(25)26)13(19)9-14(15)20/h3-9,21H,1-2H3,(H,25,26)/p-1. The lowest BCUT2D eigenvalue weighted by molar-refractivity contribution is -0.255. The van der Waals surface area contributed by atoms with Crippen molar-refractivity contribution in [1.29, 1.82) is 0 Å². The van der Waals surface area contributed by atoms with Crippen LogP contribution in [0.15, 0.2) is 52.2 Å². The van der Waals surface area contributed by atoms with Crippen molar-refractivity contribution in [3.63, 3.8) is 0 Å². The zero-order valence-corrected chi connectivity index (χ0v) is 17.5. The summed E-state index contributed by atoms with van der Waals surface area (Å²) in [5, 5.41) is 10.6. The number of aromatic carboxylic acids is 1. The summed E-state index contributed by atoms with van der Waals surface area (Å²) in [6.45, 7) is 1.56. The highest BCUT2D eigenvalue weighted by Gasteiger charge is 2.25. The Labute approximate surface area is 175 Å². The molecule has 29 heavy (non-hydrogen) atoms. The molecule has 0 radical (unpaired) electrons. The first-order valence-corrected chi connectivity index (χ1v) is 10.4. The van der Waals surface area contributed by atoms with Gasteiger partial charge in [0.2, 0.25) is 0 Å². The molecule has 0 atom stereocenters. The van der Waals surface area contributed by atoms with Gasteiger partial charge >= 0.3 is 0 Å². The average Bonchev–Trinajstić information content (AvgIpc) is 2.85. The van der Waals surface area contributed by atoms with Crippen molar-refractivity contribution in [3.8, 4) is 5.69 Å². The minimum absolute atomic E-state index is 0.197. The minimum atomic E-state index is -4.41. The van der Waals surface area contributed by atoms with Gasteiger partial charge < -0.3 is 9.90 Å². The molecule has 1 heterocycles. The van der Waals surface area contributed by atoms with Crippen molar-refractivity contribution in [1.82, 2.24) is 9.36 Å². The molecule has 1 N–H and O–H groups in total. The number of carboxylic acid groups (broad SMARTS) is 1. The predicted molar refractivity (Wildman–Crippen MR) is 107 cm³/mol. The molecule has 3 rings (SSSR count). The van der Waals surface area contributed by atoms with Crippen LogP contribution in [0.1, 0.15) is 16.1 Å². The van der Waals surface area contributed by atoms with E-state index in [-0.39, 0.29) is 15.7 Å². The van der Waals surface area contributed by atoms with Crippen molar-refractivity contribution in [2.24, 2.45) is 7.05 Å². The van der Waals surface area contributed by atoms with Gasteiger partial charge in [-0.25, -0.2) is 13.1 Å². The second kappa shape index (κ2) is 7.58. The van der Waals surface area contributed by atoms with E-state index in [4.69, 9.17) is 23.2 Å². The second-order valence-electron chi connectivity index (χ2n) is 6.09. The molecule has 0 bridgehead atoms. The van der Waals surface area contributed by atoms with E-state index in [1.807, 2.05) is 0 Å². The van der Waals surface area contributed by atoms with E-state index in [9.17, 15) is 23.1 Å². The fourth-order valence-electron chi connectivity index (χ4n) is 2.77. The van der Waals surface area contributed by atoms with Crippen molar-refractivity contribution in [3.05, 3.63) is 74.1 Å². The number of para-hydroxylation sites is 1. The van der Waals surface area contributed by atoms with Gasteiger partial charge in [0.15, 0.2) is 0 Å². The number of benzene rings is 2. The molecular weight excluding hydrogens is 441 g/mol. The van der Waals surface area contributed by atoms with E-state index in [0.717, 1.165) is 12.1 Å². The van der Waals surface area contributed by atoms with E-state index in [2.05, 4.69) is 4.72 Å². The molecular formula is C18H14Cl2N3O5S-. The molecule has 0 saturated carbocycles. The summed E-state index contributed by atoms with van der Waals surface area (Å²) in [5.41, 5.74) is -0.463. The number of hydrogen-bond donors (Lipinski definition) is 1. The number of sulfonamides is 1. The van der Waals surface area contributed by atoms with Crippen LogP contribution in [-0.2, 0) is 17.1 Å². The first-order chi connectivity index (χ1) is 13.5. The molecule has 0 spiro atoms. The maximum absolute atomic E-state index is 12.9. The van der Waals surface area contributed by atoms with E-state index >= 15 is 0 Å². The van der Waals surface area contributed by atoms with Crippen LogP contribution in [0.3, 0.4) is 0 Å². The number of carbonyl (C=O) groups excluding carboxylic acids is 1. The lowest BCUT2D eigenvalue weighted by Crippen LogP contribution is -2.25. The largest absolute Gasteiger partial charge is 0.545 e. The van der Waals surface area contributed by atoms with Gasteiger partial charge in [-0.1, -0.05) is 41.4 Å². The van der Waals surface area contributed by atoms with E-state index in [1.54, 1.807) is 44.3 Å². The van der Waals surface area contributed by atoms with Crippen LogP contribution in [0.5, 0.6) is 0 Å². The minimum Gasteiger partial charge on any atom is -0.545 e. The lowest BCUT2D eigenvalue weighted by atomic mass is 10.2. The molecule has 152 valence electrons. The highest BCUT2D eigenvalue weighted by atomic mass is 35.5. The zero-order valence-electron chi connectivity index (χ0n) is 15.1. The number of nitrogens with one attached hydrogen (secondary N) is 1. The number of nitrogens with zero attached hydrogens (tertiary/aromatic N) is 2. The maximum Gasteiger partial charge on any atom is 0.296 e. The molecule has 0 amide bonds. The van der Waals surface area contributed by atoms with Gasteiger partial charge in [-0.3, -0.25) is 14.2 Å². The van der Waals surface area contributed by atoms with Crippen molar-refractivity contribution in [2.45, 2.75) is 11.8 Å². The summed E-state index contributed by atoms with van der Waals surface area (Å²) >= 11 is 11.7. The van der Waals surface area contributed by atoms with Crippen LogP contribution in [0, 0.1) is 6.92 Å². The highest BCUT2D eigenvalue weighted by molar-refractivity contribution is 7.92. The van der Waals surface area contributed by atoms with Gasteiger partial charge in [0.05, 0.1) is 27.4 Å². The SMILES string of the molecule is Cc1c(NS(=O)(=O)c2cc(C(=O)[O-])c(Cl)cc2Cl)c(=O)n(-c2ccccc2)n1C.